The Bertz CT molecular complexity index is 817. The minimum Gasteiger partial charge on any atom is -0.233 e. The van der Waals surface area contributed by atoms with Crippen molar-refractivity contribution >= 4 is 65.3 Å². The number of carbonyl (C=O) groups excluding carboxylic acids is 2. The number of halogens is 4. The molecule has 0 amide bonds. The summed E-state index contributed by atoms with van der Waals surface area (Å²) in [6, 6.07) is 8.71. The van der Waals surface area contributed by atoms with Crippen molar-refractivity contribution in [1.82, 2.24) is 0 Å². The van der Waals surface area contributed by atoms with E-state index < -0.39 is 18.8 Å². The lowest BCUT2D eigenvalue weighted by Crippen LogP contribution is -2.04. The lowest BCUT2D eigenvalue weighted by Gasteiger charge is -2.00. The molecule has 0 saturated carbocycles. The first kappa shape index (κ1) is 29.1. The fraction of sp³-hybridized carbons (Fsp3) is 0.417. The third kappa shape index (κ3) is 9.12. The summed E-state index contributed by atoms with van der Waals surface area (Å²) >= 11 is 23.5. The van der Waals surface area contributed by atoms with Crippen LogP contribution < -0.4 is 0 Å². The highest BCUT2D eigenvalue weighted by molar-refractivity contribution is 7.80. The van der Waals surface area contributed by atoms with Crippen LogP contribution in [0.15, 0.2) is 36.4 Å². The Kier molecular flexibility index (Phi) is 14.4. The van der Waals surface area contributed by atoms with Gasteiger partial charge in [-0.2, -0.15) is 0 Å². The van der Waals surface area contributed by atoms with Crippen molar-refractivity contribution in [3.8, 4) is 0 Å². The van der Waals surface area contributed by atoms with E-state index in [0.717, 1.165) is 0 Å². The molecule has 32 heavy (non-hydrogen) atoms. The number of rotatable bonds is 11. The van der Waals surface area contributed by atoms with Gasteiger partial charge in [0.15, 0.2) is 0 Å². The van der Waals surface area contributed by atoms with Crippen LogP contribution in [0.3, 0.4) is 0 Å². The molecule has 0 aliphatic carbocycles. The summed E-state index contributed by atoms with van der Waals surface area (Å²) in [5, 5.41) is 0.0515. The normalized spacial score (nSPS) is 10.3. The Hall–Kier alpha value is -0.960. The van der Waals surface area contributed by atoms with Crippen LogP contribution >= 0.6 is 54.2 Å². The molecule has 0 saturated heterocycles. The van der Waals surface area contributed by atoms with E-state index in [2.05, 4.69) is 13.8 Å². The van der Waals surface area contributed by atoms with Crippen molar-refractivity contribution in [2.45, 2.75) is 65.2 Å². The summed E-state index contributed by atoms with van der Waals surface area (Å²) < 4.78 is 12.3. The van der Waals surface area contributed by atoms with Crippen LogP contribution in [0.2, 0.25) is 20.1 Å². The van der Waals surface area contributed by atoms with Gasteiger partial charge in [0.25, 0.3) is 0 Å². The van der Waals surface area contributed by atoms with Gasteiger partial charge >= 0.3 is 18.8 Å². The van der Waals surface area contributed by atoms with Gasteiger partial charge in [0.1, 0.15) is 11.1 Å². The average Bonchev–Trinajstić information content (AvgIpc) is 2.75. The molecule has 0 aromatic heterocycles. The maximum atomic E-state index is 12.3. The topological polar surface area (TPSA) is 51.2 Å². The summed E-state index contributed by atoms with van der Waals surface area (Å²) in [6.07, 6.45) is 11.5. The first-order chi connectivity index (χ1) is 15.3. The van der Waals surface area contributed by atoms with Crippen LogP contribution in [-0.2, 0) is 4.57 Å². The molecule has 3 nitrogen and oxygen atoms in total. The molecule has 174 valence electrons. The van der Waals surface area contributed by atoms with Gasteiger partial charge in [0.2, 0.25) is 0 Å². The monoisotopic (exact) mass is 535 g/mol. The zero-order valence-corrected chi connectivity index (χ0v) is 22.2. The molecule has 0 aliphatic heterocycles. The van der Waals surface area contributed by atoms with Gasteiger partial charge < -0.3 is 0 Å². The maximum absolute atomic E-state index is 12.3. The van der Waals surface area contributed by atoms with Crippen LogP contribution in [0, 0.1) is 0 Å². The number of unbranched alkanes of at least 4 members (excludes halogenated alkanes) is 7. The van der Waals surface area contributed by atoms with E-state index in [1.54, 1.807) is 0 Å². The maximum Gasteiger partial charge on any atom is 0.502 e. The SMILES string of the molecule is CCCCCCCCCC.O=C(c1c(Cl)cccc1Cl)[P+](=O)C(=O)c1c(Cl)cccc1Cl. The lowest BCUT2D eigenvalue weighted by molar-refractivity contribution is 0.104. The molecule has 0 unspecified atom stereocenters. The largest absolute Gasteiger partial charge is 0.502 e. The van der Waals surface area contributed by atoms with E-state index in [0.29, 0.717) is 0 Å². The predicted molar refractivity (Wildman–Crippen MR) is 137 cm³/mol. The van der Waals surface area contributed by atoms with E-state index >= 15 is 0 Å². The Morgan fingerprint density at radius 2 is 0.906 bits per heavy atom. The van der Waals surface area contributed by atoms with Gasteiger partial charge in [-0.1, -0.05) is 128 Å². The Morgan fingerprint density at radius 1 is 0.625 bits per heavy atom. The third-order valence-corrected chi connectivity index (χ3v) is 7.12. The van der Waals surface area contributed by atoms with Crippen LogP contribution in [-0.4, -0.2) is 11.0 Å². The first-order valence-corrected chi connectivity index (χ1v) is 13.5. The summed E-state index contributed by atoms with van der Waals surface area (Å²) in [5.41, 5.74) is -2.26. The average molecular weight is 537 g/mol. The van der Waals surface area contributed by atoms with Crippen molar-refractivity contribution in [2.75, 3.05) is 0 Å². The number of benzene rings is 2. The number of hydrogen-bond acceptors (Lipinski definition) is 3. The summed E-state index contributed by atoms with van der Waals surface area (Å²) in [7, 11) is -2.99. The van der Waals surface area contributed by atoms with Crippen LogP contribution in [0.1, 0.15) is 85.9 Å². The fourth-order valence-electron chi connectivity index (χ4n) is 2.91. The van der Waals surface area contributed by atoms with Gasteiger partial charge in [-0.25, -0.2) is 9.59 Å². The van der Waals surface area contributed by atoms with E-state index in [-0.39, 0.29) is 31.2 Å². The molecule has 2 aromatic rings. The van der Waals surface area contributed by atoms with Crippen molar-refractivity contribution in [1.29, 1.82) is 0 Å². The second-order valence-corrected chi connectivity index (χ2v) is 10.2. The first-order valence-electron chi connectivity index (χ1n) is 10.7. The highest BCUT2D eigenvalue weighted by Crippen LogP contribution is 2.40. The zero-order chi connectivity index (χ0) is 24.1. The van der Waals surface area contributed by atoms with Gasteiger partial charge in [0.05, 0.1) is 20.1 Å². The van der Waals surface area contributed by atoms with Crippen molar-refractivity contribution in [3.05, 3.63) is 67.6 Å². The van der Waals surface area contributed by atoms with Gasteiger partial charge in [-0.3, -0.25) is 0 Å². The van der Waals surface area contributed by atoms with Crippen LogP contribution in [0.25, 0.3) is 0 Å². The molecule has 0 aliphatic rings. The molecular weight excluding hydrogens is 509 g/mol. The van der Waals surface area contributed by atoms with E-state index in [1.807, 2.05) is 0 Å². The standard InChI is InChI=1S/C14H6Cl4O3P.C10H22/c15-7-3-1-4-8(16)11(7)13(19)22(21)14(20)12-9(17)5-2-6-10(12)18;1-3-5-7-9-10-8-6-4-2/h1-6H;3-10H2,1-2H3/q+1;. The Balaban J connectivity index is 0.000000433. The minimum absolute atomic E-state index is 0.0129. The summed E-state index contributed by atoms with van der Waals surface area (Å²) in [6.45, 7) is 4.54. The van der Waals surface area contributed by atoms with E-state index in [4.69, 9.17) is 46.4 Å². The summed E-state index contributed by atoms with van der Waals surface area (Å²) in [5.74, 6) is 0. The Morgan fingerprint density at radius 3 is 1.19 bits per heavy atom. The van der Waals surface area contributed by atoms with Crippen molar-refractivity contribution in [2.24, 2.45) is 0 Å². The fourth-order valence-corrected chi connectivity index (χ4v) is 5.38. The number of hydrogen-bond donors (Lipinski definition) is 0. The molecule has 0 heterocycles. The van der Waals surface area contributed by atoms with Gasteiger partial charge in [-0.05, 0) is 24.3 Å². The smallest absolute Gasteiger partial charge is 0.233 e. The molecule has 2 rings (SSSR count). The molecule has 0 N–H and O–H groups in total. The highest BCUT2D eigenvalue weighted by atomic mass is 35.5. The quantitative estimate of drug-likeness (QED) is 0.212. The van der Waals surface area contributed by atoms with Crippen molar-refractivity contribution < 1.29 is 14.2 Å². The van der Waals surface area contributed by atoms with E-state index in [9.17, 15) is 14.2 Å². The van der Waals surface area contributed by atoms with Gasteiger partial charge in [0, 0.05) is 0 Å². The Labute approximate surface area is 211 Å². The van der Waals surface area contributed by atoms with Crippen LogP contribution in [0.5, 0.6) is 0 Å². The van der Waals surface area contributed by atoms with Crippen LogP contribution in [0.4, 0.5) is 0 Å². The zero-order valence-electron chi connectivity index (χ0n) is 18.3. The molecule has 0 radical (unpaired) electrons. The molecular formula is C24H28Cl4O3P+. The van der Waals surface area contributed by atoms with Crippen molar-refractivity contribution in [3.63, 3.8) is 0 Å². The third-order valence-electron chi connectivity index (χ3n) is 4.68. The second-order valence-electron chi connectivity index (χ2n) is 7.22. The molecule has 8 heteroatoms. The van der Waals surface area contributed by atoms with Gasteiger partial charge in [-0.15, -0.1) is 0 Å². The number of carbonyl (C=O) groups is 2. The predicted octanol–water partition coefficient (Wildman–Crippen LogP) is 10.3. The molecule has 0 bridgehead atoms. The molecule has 0 spiro atoms. The minimum atomic E-state index is -2.99. The molecule has 0 fully saturated rings. The molecule has 2 aromatic carbocycles. The molecule has 0 atom stereocenters. The highest BCUT2D eigenvalue weighted by Gasteiger charge is 2.43. The summed E-state index contributed by atoms with van der Waals surface area (Å²) in [4.78, 5) is 24.5. The van der Waals surface area contributed by atoms with E-state index in [1.165, 1.54) is 87.8 Å². The lowest BCUT2D eigenvalue weighted by atomic mass is 10.1. The second kappa shape index (κ2) is 15.8.